The summed E-state index contributed by atoms with van der Waals surface area (Å²) >= 11 is 0. The summed E-state index contributed by atoms with van der Waals surface area (Å²) in [7, 11) is 0. The van der Waals surface area contributed by atoms with Gasteiger partial charge in [-0.2, -0.15) is 0 Å². The van der Waals surface area contributed by atoms with Gasteiger partial charge >= 0.3 is 0 Å². The Bertz CT molecular complexity index is 3580. The minimum Gasteiger partial charge on any atom is -0.247 e. The molecule has 0 aliphatic carbocycles. The van der Waals surface area contributed by atoms with Crippen LogP contribution >= 0.6 is 0 Å². The number of fused-ring (bicyclic) bond motifs is 11. The first-order valence-electron chi connectivity index (χ1n) is 20.4. The maximum Gasteiger partial charge on any atom is 0.0987 e. The Hall–Kier alpha value is -8.01. The normalized spacial score (nSPS) is 11.7. The molecule has 0 amide bonds. The smallest absolute Gasteiger partial charge is 0.0987 e. The molecular formula is C57H35N3. The van der Waals surface area contributed by atoms with Gasteiger partial charge in [-0.1, -0.05) is 194 Å². The van der Waals surface area contributed by atoms with E-state index in [1.54, 1.807) is 0 Å². The number of hydrogen-bond donors (Lipinski definition) is 0. The zero-order chi connectivity index (χ0) is 39.6. The molecule has 0 bridgehead atoms. The highest BCUT2D eigenvalue weighted by Gasteiger charge is 2.22. The molecule has 12 aromatic rings. The highest BCUT2D eigenvalue weighted by Crippen LogP contribution is 2.44. The summed E-state index contributed by atoms with van der Waals surface area (Å²) in [4.78, 5) is 16.6. The number of rotatable bonds is 5. The maximum atomic E-state index is 5.65. The second kappa shape index (κ2) is 13.8. The van der Waals surface area contributed by atoms with Crippen LogP contribution in [-0.2, 0) is 0 Å². The van der Waals surface area contributed by atoms with Crippen LogP contribution in [0.25, 0.3) is 121 Å². The molecule has 278 valence electrons. The summed E-state index contributed by atoms with van der Waals surface area (Å²) in [6.07, 6.45) is 0. The second-order valence-electron chi connectivity index (χ2n) is 15.5. The molecule has 0 atom stereocenters. The molecule has 0 fully saturated rings. The van der Waals surface area contributed by atoms with Crippen LogP contribution in [0.15, 0.2) is 212 Å². The molecule has 10 aromatic carbocycles. The van der Waals surface area contributed by atoms with E-state index in [1.807, 2.05) is 12.1 Å². The van der Waals surface area contributed by atoms with Crippen molar-refractivity contribution in [2.45, 2.75) is 0 Å². The van der Waals surface area contributed by atoms with Gasteiger partial charge in [0, 0.05) is 38.4 Å². The summed E-state index contributed by atoms with van der Waals surface area (Å²) in [6, 6.07) is 75.4. The average molecular weight is 762 g/mol. The number of nitrogens with zero attached hydrogens (tertiary/aromatic N) is 3. The molecule has 0 unspecified atom stereocenters. The highest BCUT2D eigenvalue weighted by molar-refractivity contribution is 6.26. The Kier molecular flexibility index (Phi) is 7.85. The molecular weight excluding hydrogens is 727 g/mol. The Labute approximate surface area is 346 Å². The van der Waals surface area contributed by atoms with E-state index < -0.39 is 0 Å². The summed E-state index contributed by atoms with van der Waals surface area (Å²) in [5.74, 6) is 0. The minimum absolute atomic E-state index is 0.851. The van der Waals surface area contributed by atoms with Crippen molar-refractivity contribution in [3.8, 4) is 56.0 Å². The van der Waals surface area contributed by atoms with E-state index in [4.69, 9.17) is 15.0 Å². The van der Waals surface area contributed by atoms with Gasteiger partial charge in [-0.25, -0.2) is 15.0 Å². The van der Waals surface area contributed by atoms with Crippen molar-refractivity contribution in [2.75, 3.05) is 0 Å². The molecule has 0 spiro atoms. The van der Waals surface area contributed by atoms with Crippen molar-refractivity contribution >= 4 is 65.0 Å². The average Bonchev–Trinajstić information content (AvgIpc) is 3.33. The maximum absolute atomic E-state index is 5.65. The van der Waals surface area contributed by atoms with Gasteiger partial charge < -0.3 is 0 Å². The van der Waals surface area contributed by atoms with Crippen molar-refractivity contribution in [2.24, 2.45) is 0 Å². The predicted molar refractivity (Wildman–Crippen MR) is 252 cm³/mol. The number of pyridine rings is 1. The number of hydrogen-bond acceptors (Lipinski definition) is 3. The van der Waals surface area contributed by atoms with E-state index in [0.717, 1.165) is 83.2 Å². The van der Waals surface area contributed by atoms with Gasteiger partial charge in [-0.15, -0.1) is 0 Å². The molecule has 60 heavy (non-hydrogen) atoms. The van der Waals surface area contributed by atoms with Crippen LogP contribution < -0.4 is 0 Å². The fraction of sp³-hybridized carbons (Fsp3) is 0. The van der Waals surface area contributed by atoms with Gasteiger partial charge in [0.1, 0.15) is 0 Å². The SMILES string of the molecule is c1ccc(-c2nc3c(-c4ccccc4)cc4c(-c5ccc(-c6ccc7c8ccccc8c8ccccc8c7c6)cc5)nc5ccccc5c4c3nc2-c2ccccc2)cc1. The van der Waals surface area contributed by atoms with Gasteiger partial charge in [0.05, 0.1) is 33.6 Å². The molecule has 2 heterocycles. The van der Waals surface area contributed by atoms with Crippen LogP contribution in [-0.4, -0.2) is 15.0 Å². The largest absolute Gasteiger partial charge is 0.247 e. The highest BCUT2D eigenvalue weighted by atomic mass is 14.8. The van der Waals surface area contributed by atoms with Crippen molar-refractivity contribution in [3.63, 3.8) is 0 Å². The van der Waals surface area contributed by atoms with Gasteiger partial charge in [0.2, 0.25) is 0 Å². The molecule has 0 aliphatic heterocycles. The Balaban J connectivity index is 1.10. The molecule has 2 aromatic heterocycles. The summed E-state index contributed by atoms with van der Waals surface area (Å²) in [5.41, 5.74) is 12.8. The zero-order valence-electron chi connectivity index (χ0n) is 32.5. The number of aromatic nitrogens is 3. The third-order valence-electron chi connectivity index (χ3n) is 12.0. The van der Waals surface area contributed by atoms with Crippen LogP contribution in [0.1, 0.15) is 0 Å². The summed E-state index contributed by atoms with van der Waals surface area (Å²) in [5, 5.41) is 10.8. The lowest BCUT2D eigenvalue weighted by Crippen LogP contribution is -2.00. The van der Waals surface area contributed by atoms with E-state index >= 15 is 0 Å². The fourth-order valence-electron chi connectivity index (χ4n) is 9.19. The summed E-state index contributed by atoms with van der Waals surface area (Å²) in [6.45, 7) is 0. The van der Waals surface area contributed by atoms with Gasteiger partial charge in [0.15, 0.2) is 0 Å². The fourth-order valence-corrected chi connectivity index (χ4v) is 9.19. The number of benzene rings is 10. The van der Waals surface area contributed by atoms with Gasteiger partial charge in [0.25, 0.3) is 0 Å². The molecule has 12 rings (SSSR count). The first-order valence-corrected chi connectivity index (χ1v) is 20.4. The number of para-hydroxylation sites is 1. The van der Waals surface area contributed by atoms with Crippen molar-refractivity contribution in [1.29, 1.82) is 0 Å². The lowest BCUT2D eigenvalue weighted by molar-refractivity contribution is 1.30. The Morgan fingerprint density at radius 2 is 0.667 bits per heavy atom. The lowest BCUT2D eigenvalue weighted by Gasteiger charge is -2.18. The van der Waals surface area contributed by atoms with Crippen LogP contribution in [0.2, 0.25) is 0 Å². The second-order valence-corrected chi connectivity index (χ2v) is 15.5. The third-order valence-corrected chi connectivity index (χ3v) is 12.0. The van der Waals surface area contributed by atoms with Crippen molar-refractivity contribution < 1.29 is 0 Å². The molecule has 0 saturated heterocycles. The first-order chi connectivity index (χ1) is 29.8. The van der Waals surface area contributed by atoms with Crippen molar-refractivity contribution in [3.05, 3.63) is 212 Å². The van der Waals surface area contributed by atoms with E-state index in [1.165, 1.54) is 37.9 Å². The molecule has 0 aliphatic rings. The minimum atomic E-state index is 0.851. The van der Waals surface area contributed by atoms with E-state index in [9.17, 15) is 0 Å². The van der Waals surface area contributed by atoms with E-state index in [-0.39, 0.29) is 0 Å². The summed E-state index contributed by atoms with van der Waals surface area (Å²) < 4.78 is 0. The predicted octanol–water partition coefficient (Wildman–Crippen LogP) is 15.1. The Morgan fingerprint density at radius 1 is 0.233 bits per heavy atom. The zero-order valence-corrected chi connectivity index (χ0v) is 32.5. The first kappa shape index (κ1) is 34.1. The quantitative estimate of drug-likeness (QED) is 0.164. The molecule has 0 radical (unpaired) electrons. The van der Waals surface area contributed by atoms with Crippen LogP contribution in [0.3, 0.4) is 0 Å². The third kappa shape index (κ3) is 5.48. The van der Waals surface area contributed by atoms with Crippen molar-refractivity contribution in [1.82, 2.24) is 15.0 Å². The van der Waals surface area contributed by atoms with E-state index in [0.29, 0.717) is 0 Å². The van der Waals surface area contributed by atoms with Crippen LogP contribution in [0, 0.1) is 0 Å². The van der Waals surface area contributed by atoms with Crippen LogP contribution in [0.4, 0.5) is 0 Å². The van der Waals surface area contributed by atoms with Gasteiger partial charge in [-0.05, 0) is 67.2 Å². The molecule has 3 nitrogen and oxygen atoms in total. The van der Waals surface area contributed by atoms with Crippen LogP contribution in [0.5, 0.6) is 0 Å². The monoisotopic (exact) mass is 761 g/mol. The standard InChI is InChI=1S/C57H35N3/c1-4-16-37(17-5-1)48-35-50-52(57-56(48)59-54(38-18-6-2-7-19-38)55(60-57)39-20-8-3-9-21-39)47-26-14-15-27-51(47)58-53(50)40-30-28-36(29-31-40)41-32-33-46-44-24-11-10-22-42(44)43-23-12-13-25-45(43)49(46)34-41/h1-35H. The lowest BCUT2D eigenvalue weighted by atomic mass is 9.91. The topological polar surface area (TPSA) is 38.7 Å². The molecule has 3 heteroatoms. The molecule has 0 saturated carbocycles. The Morgan fingerprint density at radius 3 is 1.27 bits per heavy atom. The molecule has 0 N–H and O–H groups in total. The van der Waals surface area contributed by atoms with Gasteiger partial charge in [-0.3, -0.25) is 0 Å². The van der Waals surface area contributed by atoms with E-state index in [2.05, 4.69) is 200 Å².